The summed E-state index contributed by atoms with van der Waals surface area (Å²) in [6.07, 6.45) is 1.14. The predicted molar refractivity (Wildman–Crippen MR) is 95.8 cm³/mol. The van der Waals surface area contributed by atoms with Gasteiger partial charge in [-0.2, -0.15) is 0 Å². The standard InChI is InChI=1S/C16H19Br2NS/c1-4-7-19-16(13-9-15(18)20-11(13)3)12-5-6-14(17)10(2)8-12/h5-6,8-9,16,19H,4,7H2,1-3H3. The first kappa shape index (κ1) is 16.2. The third-order valence-electron chi connectivity index (χ3n) is 3.35. The highest BCUT2D eigenvalue weighted by molar-refractivity contribution is 9.11. The zero-order chi connectivity index (χ0) is 14.7. The lowest BCUT2D eigenvalue weighted by atomic mass is 9.98. The molecule has 0 radical (unpaired) electrons. The first-order valence-electron chi connectivity index (χ1n) is 6.78. The van der Waals surface area contributed by atoms with Crippen molar-refractivity contribution < 1.29 is 0 Å². The monoisotopic (exact) mass is 415 g/mol. The number of hydrogen-bond donors (Lipinski definition) is 1. The zero-order valence-electron chi connectivity index (χ0n) is 12.0. The van der Waals surface area contributed by atoms with Crippen molar-refractivity contribution in [2.75, 3.05) is 6.54 Å². The molecule has 0 saturated carbocycles. The van der Waals surface area contributed by atoms with E-state index in [1.165, 1.54) is 29.8 Å². The van der Waals surface area contributed by atoms with Crippen molar-refractivity contribution in [3.63, 3.8) is 0 Å². The minimum Gasteiger partial charge on any atom is -0.306 e. The minimum atomic E-state index is 0.268. The average Bonchev–Trinajstić information content (AvgIpc) is 2.73. The van der Waals surface area contributed by atoms with E-state index in [9.17, 15) is 0 Å². The number of thiophene rings is 1. The summed E-state index contributed by atoms with van der Waals surface area (Å²) in [7, 11) is 0. The van der Waals surface area contributed by atoms with Gasteiger partial charge in [0.25, 0.3) is 0 Å². The average molecular weight is 417 g/mol. The summed E-state index contributed by atoms with van der Waals surface area (Å²) in [5, 5.41) is 3.67. The van der Waals surface area contributed by atoms with Crippen LogP contribution in [0, 0.1) is 13.8 Å². The molecule has 0 fully saturated rings. The zero-order valence-corrected chi connectivity index (χ0v) is 16.0. The van der Waals surface area contributed by atoms with Crippen LogP contribution < -0.4 is 5.32 Å². The Hall–Kier alpha value is -0.160. The largest absolute Gasteiger partial charge is 0.306 e. The third kappa shape index (κ3) is 3.73. The Kier molecular flexibility index (Phi) is 5.84. The van der Waals surface area contributed by atoms with Gasteiger partial charge in [0.05, 0.1) is 9.83 Å². The van der Waals surface area contributed by atoms with E-state index in [2.05, 4.69) is 82.2 Å². The van der Waals surface area contributed by atoms with Gasteiger partial charge >= 0.3 is 0 Å². The van der Waals surface area contributed by atoms with Gasteiger partial charge in [-0.05, 0) is 71.6 Å². The molecule has 1 aromatic heterocycles. The Morgan fingerprint density at radius 3 is 2.50 bits per heavy atom. The van der Waals surface area contributed by atoms with E-state index < -0.39 is 0 Å². The molecule has 2 aromatic rings. The summed E-state index contributed by atoms with van der Waals surface area (Å²) in [4.78, 5) is 1.37. The summed E-state index contributed by atoms with van der Waals surface area (Å²) in [6, 6.07) is 9.12. The van der Waals surface area contributed by atoms with Gasteiger partial charge in [-0.1, -0.05) is 35.0 Å². The highest BCUT2D eigenvalue weighted by Gasteiger charge is 2.18. The second kappa shape index (κ2) is 7.21. The molecule has 1 atom stereocenters. The molecule has 2 rings (SSSR count). The van der Waals surface area contributed by atoms with Crippen LogP contribution in [0.25, 0.3) is 0 Å². The molecule has 0 amide bonds. The molecule has 4 heteroatoms. The van der Waals surface area contributed by atoms with Gasteiger partial charge in [-0.25, -0.2) is 0 Å². The molecule has 0 spiro atoms. The summed E-state index contributed by atoms with van der Waals surface area (Å²) in [6.45, 7) is 7.55. The molecule has 0 aliphatic carbocycles. The van der Waals surface area contributed by atoms with E-state index in [0.717, 1.165) is 13.0 Å². The maximum atomic E-state index is 3.67. The Morgan fingerprint density at radius 2 is 1.95 bits per heavy atom. The molecule has 20 heavy (non-hydrogen) atoms. The fourth-order valence-corrected chi connectivity index (χ4v) is 4.28. The maximum absolute atomic E-state index is 3.67. The predicted octanol–water partition coefficient (Wildman–Crippen LogP) is 5.98. The fraction of sp³-hybridized carbons (Fsp3) is 0.375. The van der Waals surface area contributed by atoms with Crippen molar-refractivity contribution in [1.82, 2.24) is 5.32 Å². The van der Waals surface area contributed by atoms with Crippen molar-refractivity contribution >= 4 is 43.2 Å². The number of nitrogens with one attached hydrogen (secondary N) is 1. The molecule has 0 bridgehead atoms. The number of hydrogen-bond acceptors (Lipinski definition) is 2. The van der Waals surface area contributed by atoms with Crippen LogP contribution in [0.5, 0.6) is 0 Å². The van der Waals surface area contributed by atoms with Gasteiger partial charge < -0.3 is 5.32 Å². The van der Waals surface area contributed by atoms with Crippen LogP contribution in [-0.4, -0.2) is 6.54 Å². The molecule has 0 aliphatic rings. The lowest BCUT2D eigenvalue weighted by Gasteiger charge is -2.20. The molecule has 1 nitrogen and oxygen atoms in total. The van der Waals surface area contributed by atoms with Crippen LogP contribution in [0.2, 0.25) is 0 Å². The van der Waals surface area contributed by atoms with Gasteiger partial charge in [0.1, 0.15) is 0 Å². The summed E-state index contributed by atoms with van der Waals surface area (Å²) >= 11 is 8.98. The van der Waals surface area contributed by atoms with E-state index in [4.69, 9.17) is 0 Å². The highest BCUT2D eigenvalue weighted by atomic mass is 79.9. The van der Waals surface area contributed by atoms with Gasteiger partial charge in [-0.15, -0.1) is 11.3 Å². The number of benzene rings is 1. The van der Waals surface area contributed by atoms with Crippen molar-refractivity contribution in [2.45, 2.75) is 33.2 Å². The SMILES string of the molecule is CCCNC(c1ccc(Br)c(C)c1)c1cc(Br)sc1C. The van der Waals surface area contributed by atoms with E-state index in [-0.39, 0.29) is 6.04 Å². The van der Waals surface area contributed by atoms with Gasteiger partial charge in [-0.3, -0.25) is 0 Å². The molecule has 108 valence electrons. The summed E-state index contributed by atoms with van der Waals surface area (Å²) < 4.78 is 2.36. The quantitative estimate of drug-likeness (QED) is 0.632. The second-order valence-corrected chi connectivity index (χ2v) is 8.45. The molecule has 1 heterocycles. The molecular weight excluding hydrogens is 398 g/mol. The Labute approximate surface area is 142 Å². The van der Waals surface area contributed by atoms with E-state index in [1.54, 1.807) is 11.3 Å². The van der Waals surface area contributed by atoms with Crippen LogP contribution in [0.3, 0.4) is 0 Å². The van der Waals surface area contributed by atoms with E-state index in [1.807, 2.05) is 0 Å². The van der Waals surface area contributed by atoms with Crippen LogP contribution in [0.15, 0.2) is 32.5 Å². The number of halogens is 2. The highest BCUT2D eigenvalue weighted by Crippen LogP contribution is 2.34. The van der Waals surface area contributed by atoms with Crippen molar-refractivity contribution in [3.8, 4) is 0 Å². The molecule has 0 saturated heterocycles. The molecule has 0 aliphatic heterocycles. The van der Waals surface area contributed by atoms with Gasteiger partial charge in [0.2, 0.25) is 0 Å². The Bertz CT molecular complexity index is 592. The third-order valence-corrected chi connectivity index (χ3v) is 5.81. The minimum absolute atomic E-state index is 0.268. The first-order valence-corrected chi connectivity index (χ1v) is 9.18. The van der Waals surface area contributed by atoms with Crippen LogP contribution >= 0.6 is 43.2 Å². The first-order chi connectivity index (χ1) is 9.52. The summed E-state index contributed by atoms with van der Waals surface area (Å²) in [5.41, 5.74) is 3.97. The normalized spacial score (nSPS) is 12.7. The van der Waals surface area contributed by atoms with Crippen molar-refractivity contribution in [2.24, 2.45) is 0 Å². The topological polar surface area (TPSA) is 12.0 Å². The lowest BCUT2D eigenvalue weighted by molar-refractivity contribution is 0.597. The van der Waals surface area contributed by atoms with Crippen LogP contribution in [0.1, 0.15) is 41.0 Å². The van der Waals surface area contributed by atoms with Crippen molar-refractivity contribution in [1.29, 1.82) is 0 Å². The summed E-state index contributed by atoms with van der Waals surface area (Å²) in [5.74, 6) is 0. The fourth-order valence-electron chi connectivity index (χ4n) is 2.29. The number of rotatable bonds is 5. The van der Waals surface area contributed by atoms with Gasteiger partial charge in [0.15, 0.2) is 0 Å². The van der Waals surface area contributed by atoms with Gasteiger partial charge in [0, 0.05) is 9.35 Å². The van der Waals surface area contributed by atoms with Crippen LogP contribution in [0.4, 0.5) is 0 Å². The maximum Gasteiger partial charge on any atom is 0.0704 e. The molecule has 1 aromatic carbocycles. The number of aryl methyl sites for hydroxylation is 2. The smallest absolute Gasteiger partial charge is 0.0704 e. The molecule has 1 unspecified atom stereocenters. The van der Waals surface area contributed by atoms with E-state index in [0.29, 0.717) is 0 Å². The lowest BCUT2D eigenvalue weighted by Crippen LogP contribution is -2.23. The Morgan fingerprint density at radius 1 is 1.20 bits per heavy atom. The van der Waals surface area contributed by atoms with Crippen molar-refractivity contribution in [3.05, 3.63) is 54.1 Å². The second-order valence-electron chi connectivity index (χ2n) is 4.96. The molecule has 1 N–H and O–H groups in total. The Balaban J connectivity index is 2.41. The molecular formula is C16H19Br2NS. The van der Waals surface area contributed by atoms with E-state index >= 15 is 0 Å². The van der Waals surface area contributed by atoms with Crippen LogP contribution in [-0.2, 0) is 0 Å².